The second kappa shape index (κ2) is 9.59. The normalized spacial score (nSPS) is 13.0. The first-order valence-electron chi connectivity index (χ1n) is 7.84. The zero-order chi connectivity index (χ0) is 17.3. The zero-order valence-corrected chi connectivity index (χ0v) is 14.4. The van der Waals surface area contributed by atoms with E-state index >= 15 is 0 Å². The van der Waals surface area contributed by atoms with Crippen LogP contribution in [0.15, 0.2) is 29.2 Å². The molecule has 0 heterocycles. The fourth-order valence-corrected chi connectivity index (χ4v) is 3.36. The number of hydrogen-bond acceptors (Lipinski definition) is 5. The van der Waals surface area contributed by atoms with Gasteiger partial charge in [0.1, 0.15) is 0 Å². The third-order valence-corrected chi connectivity index (χ3v) is 4.98. The van der Waals surface area contributed by atoms with Gasteiger partial charge in [0.25, 0.3) is 5.69 Å². The number of nitro groups is 1. The third-order valence-electron chi connectivity index (χ3n) is 3.37. The van der Waals surface area contributed by atoms with E-state index in [-0.39, 0.29) is 16.6 Å². The molecule has 23 heavy (non-hydrogen) atoms. The summed E-state index contributed by atoms with van der Waals surface area (Å²) in [5.74, 6) is 0. The molecule has 0 amide bonds. The Kier molecular flexibility index (Phi) is 8.15. The first-order valence-corrected chi connectivity index (χ1v) is 9.32. The van der Waals surface area contributed by atoms with Crippen molar-refractivity contribution in [3.8, 4) is 0 Å². The number of benzene rings is 1. The number of rotatable bonds is 11. The van der Waals surface area contributed by atoms with Gasteiger partial charge in [-0.05, 0) is 32.0 Å². The van der Waals surface area contributed by atoms with Crippen molar-refractivity contribution in [2.45, 2.75) is 50.5 Å². The molecule has 0 bridgehead atoms. The van der Waals surface area contributed by atoms with Gasteiger partial charge in [0.05, 0.1) is 9.82 Å². The molecule has 0 saturated heterocycles. The molecule has 1 atom stereocenters. The maximum atomic E-state index is 12.2. The predicted molar refractivity (Wildman–Crippen MR) is 89.9 cm³/mol. The third kappa shape index (κ3) is 7.06. The first-order chi connectivity index (χ1) is 10.9. The quantitative estimate of drug-likeness (QED) is 0.365. The van der Waals surface area contributed by atoms with Crippen LogP contribution in [0.5, 0.6) is 0 Å². The predicted octanol–water partition coefficient (Wildman–Crippen LogP) is 2.43. The van der Waals surface area contributed by atoms with E-state index in [0.29, 0.717) is 6.54 Å². The fourth-order valence-electron chi connectivity index (χ4n) is 2.12. The van der Waals surface area contributed by atoms with Gasteiger partial charge in [-0.2, -0.15) is 0 Å². The van der Waals surface area contributed by atoms with Crippen LogP contribution in [0, 0.1) is 10.1 Å². The van der Waals surface area contributed by atoms with Crippen molar-refractivity contribution in [1.82, 2.24) is 10.0 Å². The molecule has 0 unspecified atom stereocenters. The molecule has 1 rings (SSSR count). The van der Waals surface area contributed by atoms with Gasteiger partial charge in [-0.15, -0.1) is 0 Å². The van der Waals surface area contributed by atoms with Crippen LogP contribution in [0.1, 0.15) is 39.5 Å². The Bertz CT molecular complexity index is 587. The van der Waals surface area contributed by atoms with Gasteiger partial charge in [-0.1, -0.05) is 26.2 Å². The molecule has 1 aromatic rings. The molecule has 0 aliphatic heterocycles. The van der Waals surface area contributed by atoms with Crippen LogP contribution in [-0.2, 0) is 10.0 Å². The fraction of sp³-hybridized carbons (Fsp3) is 0.600. The number of sulfonamides is 1. The van der Waals surface area contributed by atoms with E-state index < -0.39 is 14.9 Å². The summed E-state index contributed by atoms with van der Waals surface area (Å²) in [5, 5.41) is 13.8. The molecule has 0 saturated carbocycles. The van der Waals surface area contributed by atoms with E-state index in [2.05, 4.69) is 17.0 Å². The van der Waals surface area contributed by atoms with Crippen molar-refractivity contribution in [2.75, 3.05) is 13.1 Å². The van der Waals surface area contributed by atoms with Crippen LogP contribution < -0.4 is 10.0 Å². The van der Waals surface area contributed by atoms with Gasteiger partial charge < -0.3 is 5.32 Å². The Morgan fingerprint density at radius 2 is 1.83 bits per heavy atom. The highest BCUT2D eigenvalue weighted by atomic mass is 32.2. The molecule has 0 aliphatic rings. The minimum atomic E-state index is -3.67. The van der Waals surface area contributed by atoms with Gasteiger partial charge in [0.2, 0.25) is 10.0 Å². The molecule has 0 fully saturated rings. The highest BCUT2D eigenvalue weighted by Gasteiger charge is 2.18. The van der Waals surface area contributed by atoms with E-state index in [1.54, 1.807) is 6.92 Å². The summed E-state index contributed by atoms with van der Waals surface area (Å²) < 4.78 is 26.9. The number of non-ortho nitro benzene ring substituents is 1. The van der Waals surface area contributed by atoms with E-state index in [9.17, 15) is 18.5 Å². The largest absolute Gasteiger partial charge is 0.315 e. The Morgan fingerprint density at radius 3 is 2.39 bits per heavy atom. The Balaban J connectivity index is 2.46. The van der Waals surface area contributed by atoms with Gasteiger partial charge >= 0.3 is 0 Å². The van der Waals surface area contributed by atoms with Crippen LogP contribution in [0.25, 0.3) is 0 Å². The van der Waals surface area contributed by atoms with E-state index in [1.165, 1.54) is 43.5 Å². The number of unbranched alkanes of at least 4 members (excludes halogenated alkanes) is 3. The summed E-state index contributed by atoms with van der Waals surface area (Å²) in [4.78, 5) is 10.0. The Labute approximate surface area is 137 Å². The lowest BCUT2D eigenvalue weighted by Crippen LogP contribution is -2.40. The molecule has 0 radical (unpaired) electrons. The summed E-state index contributed by atoms with van der Waals surface area (Å²) in [6.45, 7) is 5.34. The topological polar surface area (TPSA) is 101 Å². The van der Waals surface area contributed by atoms with Crippen molar-refractivity contribution in [1.29, 1.82) is 0 Å². The smallest absolute Gasteiger partial charge is 0.269 e. The Morgan fingerprint density at radius 1 is 1.17 bits per heavy atom. The maximum Gasteiger partial charge on any atom is 0.269 e. The van der Waals surface area contributed by atoms with Crippen LogP contribution in [0.3, 0.4) is 0 Å². The van der Waals surface area contributed by atoms with Crippen molar-refractivity contribution in [3.05, 3.63) is 34.4 Å². The van der Waals surface area contributed by atoms with E-state index in [4.69, 9.17) is 0 Å². The van der Waals surface area contributed by atoms with Crippen LogP contribution in [0.4, 0.5) is 5.69 Å². The molecule has 0 aromatic heterocycles. The molecule has 0 aliphatic carbocycles. The average Bonchev–Trinajstić information content (AvgIpc) is 2.50. The number of nitrogens with zero attached hydrogens (tertiary/aromatic N) is 1. The number of nitro benzene ring substituents is 1. The highest BCUT2D eigenvalue weighted by Crippen LogP contribution is 2.15. The SMILES string of the molecule is CCCCCCNC[C@H](C)NS(=O)(=O)c1ccc([N+](=O)[O-])cc1. The zero-order valence-electron chi connectivity index (χ0n) is 13.6. The second-order valence-electron chi connectivity index (χ2n) is 5.54. The minimum Gasteiger partial charge on any atom is -0.315 e. The highest BCUT2D eigenvalue weighted by molar-refractivity contribution is 7.89. The van der Waals surface area contributed by atoms with Crippen molar-refractivity contribution in [2.24, 2.45) is 0 Å². The van der Waals surface area contributed by atoms with Gasteiger partial charge in [-0.25, -0.2) is 13.1 Å². The van der Waals surface area contributed by atoms with E-state index in [0.717, 1.165) is 13.0 Å². The van der Waals surface area contributed by atoms with Crippen molar-refractivity contribution < 1.29 is 13.3 Å². The molecular weight excluding hydrogens is 318 g/mol. The van der Waals surface area contributed by atoms with Gasteiger partial charge in [0.15, 0.2) is 0 Å². The summed E-state index contributed by atoms with van der Waals surface area (Å²) in [6.07, 6.45) is 4.65. The monoisotopic (exact) mass is 343 g/mol. The minimum absolute atomic E-state index is 0.0258. The summed E-state index contributed by atoms with van der Waals surface area (Å²) in [6, 6.07) is 4.59. The molecule has 1 aromatic carbocycles. The van der Waals surface area contributed by atoms with Crippen molar-refractivity contribution in [3.63, 3.8) is 0 Å². The summed E-state index contributed by atoms with van der Waals surface area (Å²) >= 11 is 0. The van der Waals surface area contributed by atoms with Gasteiger partial charge in [-0.3, -0.25) is 10.1 Å². The lowest BCUT2D eigenvalue weighted by Gasteiger charge is -2.15. The molecule has 8 heteroatoms. The maximum absolute atomic E-state index is 12.2. The Hall–Kier alpha value is -1.51. The molecule has 7 nitrogen and oxygen atoms in total. The van der Waals surface area contributed by atoms with Gasteiger partial charge in [0, 0.05) is 24.7 Å². The molecule has 0 spiro atoms. The van der Waals surface area contributed by atoms with Crippen LogP contribution >= 0.6 is 0 Å². The average molecular weight is 343 g/mol. The van der Waals surface area contributed by atoms with Crippen molar-refractivity contribution >= 4 is 15.7 Å². The lowest BCUT2D eigenvalue weighted by molar-refractivity contribution is -0.384. The van der Waals surface area contributed by atoms with Crippen LogP contribution in [-0.4, -0.2) is 32.5 Å². The summed E-state index contributed by atoms with van der Waals surface area (Å²) in [7, 11) is -3.67. The molecular formula is C15H25N3O4S. The summed E-state index contributed by atoms with van der Waals surface area (Å²) in [5.41, 5.74) is -0.134. The van der Waals surface area contributed by atoms with E-state index in [1.807, 2.05) is 0 Å². The van der Waals surface area contributed by atoms with Crippen LogP contribution in [0.2, 0.25) is 0 Å². The molecule has 2 N–H and O–H groups in total. The lowest BCUT2D eigenvalue weighted by atomic mass is 10.2. The first kappa shape index (κ1) is 19.5. The molecule has 130 valence electrons. The second-order valence-corrected chi connectivity index (χ2v) is 7.25. The standard InChI is InChI=1S/C15H25N3O4S/c1-3-4-5-6-11-16-12-13(2)17-23(21,22)15-9-7-14(8-10-15)18(19)20/h7-10,13,16-17H,3-6,11-12H2,1-2H3/t13-/m0/s1. The number of hydrogen-bond donors (Lipinski definition) is 2. The number of nitrogens with one attached hydrogen (secondary N) is 2.